The number of carbonyl (C=O) groups excluding carboxylic acids is 2. The van der Waals surface area contributed by atoms with Crippen LogP contribution in [0.1, 0.15) is 39.1 Å². The zero-order valence-corrected chi connectivity index (χ0v) is 13.2. The van der Waals surface area contributed by atoms with E-state index in [4.69, 9.17) is 4.42 Å². The molecule has 0 saturated carbocycles. The van der Waals surface area contributed by atoms with Gasteiger partial charge in [-0.1, -0.05) is 0 Å². The van der Waals surface area contributed by atoms with Crippen LogP contribution >= 0.6 is 11.3 Å². The third-order valence-electron chi connectivity index (χ3n) is 2.95. The maximum Gasteiger partial charge on any atom is 0.291 e. The molecule has 0 saturated heterocycles. The van der Waals surface area contributed by atoms with Gasteiger partial charge in [-0.25, -0.2) is 0 Å². The van der Waals surface area contributed by atoms with Crippen LogP contribution in [-0.2, 0) is 0 Å². The third-order valence-corrected chi connectivity index (χ3v) is 4.10. The van der Waals surface area contributed by atoms with Crippen molar-refractivity contribution in [1.82, 2.24) is 5.32 Å². The Morgan fingerprint density at radius 3 is 2.82 bits per heavy atom. The van der Waals surface area contributed by atoms with E-state index < -0.39 is 6.10 Å². The molecule has 118 valence electrons. The fourth-order valence-corrected chi connectivity index (χ4v) is 2.81. The van der Waals surface area contributed by atoms with Crippen LogP contribution in [0, 0.1) is 6.92 Å². The molecule has 2 amide bonds. The smallest absolute Gasteiger partial charge is 0.291 e. The van der Waals surface area contributed by atoms with Crippen molar-refractivity contribution in [2.45, 2.75) is 26.4 Å². The van der Waals surface area contributed by atoms with E-state index in [-0.39, 0.29) is 17.6 Å². The molecule has 2 heterocycles. The monoisotopic (exact) mass is 322 g/mol. The first-order chi connectivity index (χ1) is 10.5. The minimum absolute atomic E-state index is 0.207. The Hall–Kier alpha value is -2.12. The van der Waals surface area contributed by atoms with Gasteiger partial charge < -0.3 is 20.2 Å². The largest absolute Gasteiger partial charge is 0.459 e. The number of thiophene rings is 1. The van der Waals surface area contributed by atoms with Crippen LogP contribution in [0.4, 0.5) is 5.00 Å². The first kappa shape index (κ1) is 16.3. The van der Waals surface area contributed by atoms with Crippen molar-refractivity contribution >= 4 is 28.2 Å². The average molecular weight is 322 g/mol. The average Bonchev–Trinajstić information content (AvgIpc) is 3.07. The summed E-state index contributed by atoms with van der Waals surface area (Å²) in [6.07, 6.45) is 1.47. The van der Waals surface area contributed by atoms with Gasteiger partial charge in [-0.2, -0.15) is 0 Å². The van der Waals surface area contributed by atoms with E-state index in [0.29, 0.717) is 22.8 Å². The minimum atomic E-state index is -0.451. The second kappa shape index (κ2) is 7.24. The van der Waals surface area contributed by atoms with Gasteiger partial charge in [0.2, 0.25) is 0 Å². The van der Waals surface area contributed by atoms with E-state index >= 15 is 0 Å². The SMILES string of the molecule is Cc1cc(NC(=O)c2ccco2)sc1C(=O)NCCC(C)O. The quantitative estimate of drug-likeness (QED) is 0.761. The lowest BCUT2D eigenvalue weighted by Gasteiger charge is -2.05. The van der Waals surface area contributed by atoms with Crippen LogP contribution in [0.5, 0.6) is 0 Å². The number of aliphatic hydroxyl groups excluding tert-OH is 1. The second-order valence-electron chi connectivity index (χ2n) is 4.95. The van der Waals surface area contributed by atoms with Crippen molar-refractivity contribution in [1.29, 1.82) is 0 Å². The van der Waals surface area contributed by atoms with Gasteiger partial charge in [0, 0.05) is 6.54 Å². The van der Waals surface area contributed by atoms with Gasteiger partial charge in [0.25, 0.3) is 11.8 Å². The molecule has 0 bridgehead atoms. The molecule has 0 aliphatic carbocycles. The first-order valence-electron chi connectivity index (χ1n) is 6.89. The lowest BCUT2D eigenvalue weighted by Crippen LogP contribution is -2.26. The Balaban J connectivity index is 1.98. The number of anilines is 1. The number of rotatable bonds is 6. The van der Waals surface area contributed by atoms with Gasteiger partial charge in [-0.05, 0) is 44.0 Å². The number of hydrogen-bond donors (Lipinski definition) is 3. The van der Waals surface area contributed by atoms with E-state index in [1.54, 1.807) is 25.1 Å². The fourth-order valence-electron chi connectivity index (χ4n) is 1.83. The lowest BCUT2D eigenvalue weighted by atomic mass is 10.2. The lowest BCUT2D eigenvalue weighted by molar-refractivity contribution is 0.0947. The van der Waals surface area contributed by atoms with Gasteiger partial charge in [0.05, 0.1) is 22.2 Å². The topological polar surface area (TPSA) is 91.6 Å². The number of amides is 2. The van der Waals surface area contributed by atoms with Crippen molar-refractivity contribution in [2.24, 2.45) is 0 Å². The highest BCUT2D eigenvalue weighted by Crippen LogP contribution is 2.27. The Morgan fingerprint density at radius 2 is 2.18 bits per heavy atom. The molecule has 0 aliphatic rings. The Kier molecular flexibility index (Phi) is 5.35. The first-order valence-corrected chi connectivity index (χ1v) is 7.70. The van der Waals surface area contributed by atoms with Gasteiger partial charge in [-0.15, -0.1) is 11.3 Å². The van der Waals surface area contributed by atoms with E-state index in [0.717, 1.165) is 5.56 Å². The van der Waals surface area contributed by atoms with Crippen LogP contribution in [0.3, 0.4) is 0 Å². The summed E-state index contributed by atoms with van der Waals surface area (Å²) >= 11 is 1.20. The van der Waals surface area contributed by atoms with Crippen LogP contribution in [-0.4, -0.2) is 29.6 Å². The molecule has 2 aromatic rings. The summed E-state index contributed by atoms with van der Waals surface area (Å²) in [7, 11) is 0. The molecule has 6 nitrogen and oxygen atoms in total. The molecule has 1 atom stereocenters. The molecular formula is C15H18N2O4S. The van der Waals surface area contributed by atoms with Crippen molar-refractivity contribution in [2.75, 3.05) is 11.9 Å². The molecule has 0 aliphatic heterocycles. The molecule has 0 fully saturated rings. The number of furan rings is 1. The number of hydrogen-bond acceptors (Lipinski definition) is 5. The van der Waals surface area contributed by atoms with Crippen LogP contribution in [0.15, 0.2) is 28.9 Å². The van der Waals surface area contributed by atoms with Crippen LogP contribution in [0.2, 0.25) is 0 Å². The molecule has 22 heavy (non-hydrogen) atoms. The predicted molar refractivity (Wildman–Crippen MR) is 84.3 cm³/mol. The zero-order chi connectivity index (χ0) is 16.1. The highest BCUT2D eigenvalue weighted by atomic mass is 32.1. The number of aryl methyl sites for hydroxylation is 1. The molecule has 3 N–H and O–H groups in total. The second-order valence-corrected chi connectivity index (χ2v) is 6.00. The highest BCUT2D eigenvalue weighted by molar-refractivity contribution is 7.18. The molecule has 2 aromatic heterocycles. The van der Waals surface area contributed by atoms with Gasteiger partial charge in [-0.3, -0.25) is 9.59 Å². The van der Waals surface area contributed by atoms with Crippen molar-refractivity contribution in [3.63, 3.8) is 0 Å². The van der Waals surface area contributed by atoms with E-state index in [1.165, 1.54) is 17.6 Å². The molecule has 1 unspecified atom stereocenters. The van der Waals surface area contributed by atoms with Crippen molar-refractivity contribution in [3.8, 4) is 0 Å². The zero-order valence-electron chi connectivity index (χ0n) is 12.4. The van der Waals surface area contributed by atoms with Crippen LogP contribution < -0.4 is 10.6 Å². The summed E-state index contributed by atoms with van der Waals surface area (Å²) in [6.45, 7) is 3.88. The summed E-state index contributed by atoms with van der Waals surface area (Å²) in [6, 6.07) is 4.95. The van der Waals surface area contributed by atoms with E-state index in [2.05, 4.69) is 10.6 Å². The van der Waals surface area contributed by atoms with E-state index in [9.17, 15) is 14.7 Å². The summed E-state index contributed by atoms with van der Waals surface area (Å²) in [4.78, 5) is 24.5. The Morgan fingerprint density at radius 1 is 1.41 bits per heavy atom. The number of nitrogens with one attached hydrogen (secondary N) is 2. The summed E-state index contributed by atoms with van der Waals surface area (Å²) in [5.74, 6) is -0.344. The molecular weight excluding hydrogens is 304 g/mol. The predicted octanol–water partition coefficient (Wildman–Crippen LogP) is 2.40. The maximum atomic E-state index is 12.1. The Labute approximate surface area is 132 Å². The Bertz CT molecular complexity index is 647. The van der Waals surface area contributed by atoms with Crippen LogP contribution in [0.25, 0.3) is 0 Å². The van der Waals surface area contributed by atoms with Gasteiger partial charge in [0.15, 0.2) is 5.76 Å². The summed E-state index contributed by atoms with van der Waals surface area (Å²) in [5.41, 5.74) is 0.786. The van der Waals surface area contributed by atoms with Gasteiger partial charge >= 0.3 is 0 Å². The van der Waals surface area contributed by atoms with Gasteiger partial charge in [0.1, 0.15) is 0 Å². The van der Waals surface area contributed by atoms with Crippen molar-refractivity contribution < 1.29 is 19.1 Å². The molecule has 7 heteroatoms. The highest BCUT2D eigenvalue weighted by Gasteiger charge is 2.16. The molecule has 0 spiro atoms. The minimum Gasteiger partial charge on any atom is -0.459 e. The summed E-state index contributed by atoms with van der Waals surface area (Å²) < 4.78 is 5.02. The maximum absolute atomic E-state index is 12.1. The third kappa shape index (κ3) is 4.19. The fraction of sp³-hybridized carbons (Fsp3) is 0.333. The number of carbonyl (C=O) groups is 2. The molecule has 2 rings (SSSR count). The molecule has 0 aromatic carbocycles. The number of aliphatic hydroxyl groups is 1. The standard InChI is InChI=1S/C15H18N2O4S/c1-9-8-12(17-14(19)11-4-3-7-21-11)22-13(9)15(20)16-6-5-10(2)18/h3-4,7-8,10,18H,5-6H2,1-2H3,(H,16,20)(H,17,19). The summed E-state index contributed by atoms with van der Waals surface area (Å²) in [5, 5.41) is 15.2. The molecule has 0 radical (unpaired) electrons. The van der Waals surface area contributed by atoms with Crippen molar-refractivity contribution in [3.05, 3.63) is 40.7 Å². The van der Waals surface area contributed by atoms with E-state index in [1.807, 2.05) is 6.92 Å². The normalized spacial score (nSPS) is 12.0.